The van der Waals surface area contributed by atoms with Crippen molar-refractivity contribution in [1.29, 1.82) is 0 Å². The molecule has 1 saturated carbocycles. The Kier molecular flexibility index (Phi) is 5.25. The van der Waals surface area contributed by atoms with E-state index in [0.29, 0.717) is 11.5 Å². The van der Waals surface area contributed by atoms with Crippen molar-refractivity contribution < 1.29 is 14.7 Å². The summed E-state index contributed by atoms with van der Waals surface area (Å²) in [7, 11) is 0. The number of anilines is 1. The highest BCUT2D eigenvalue weighted by Crippen LogP contribution is 2.33. The standard InChI is InChI=1S/C23H23N7O3/c24-21(31)12-5-6-14-15(11-26-19(14)7-12)16-10-25-8-13-9-27-22(30-20(13)16)28-17-3-1-2-4-18(17)29-23(32)33/h5-11,17-18,26,29H,1-4H2,(H2,24,31)(H,32,33)(H,27,28,30)/t17-,18+/m1/s1. The molecule has 0 aliphatic heterocycles. The lowest BCUT2D eigenvalue weighted by atomic mass is 9.90. The molecule has 0 saturated heterocycles. The van der Waals surface area contributed by atoms with Crippen LogP contribution in [-0.4, -0.2) is 49.1 Å². The van der Waals surface area contributed by atoms with Crippen molar-refractivity contribution in [2.75, 3.05) is 5.32 Å². The highest BCUT2D eigenvalue weighted by atomic mass is 16.4. The maximum absolute atomic E-state index is 11.5. The molecule has 10 heteroatoms. The van der Waals surface area contributed by atoms with Crippen molar-refractivity contribution in [3.63, 3.8) is 0 Å². The van der Waals surface area contributed by atoms with Gasteiger partial charge in [0.1, 0.15) is 0 Å². The molecular formula is C23H23N7O3. The summed E-state index contributed by atoms with van der Waals surface area (Å²) in [6, 6.07) is 4.99. The van der Waals surface area contributed by atoms with Crippen LogP contribution in [0.2, 0.25) is 0 Å². The van der Waals surface area contributed by atoms with Gasteiger partial charge in [-0.1, -0.05) is 18.9 Å². The van der Waals surface area contributed by atoms with Crippen LogP contribution in [0.4, 0.5) is 10.7 Å². The van der Waals surface area contributed by atoms with Crippen molar-refractivity contribution in [1.82, 2.24) is 25.3 Å². The zero-order valence-corrected chi connectivity index (χ0v) is 17.7. The quantitative estimate of drug-likeness (QED) is 0.315. The van der Waals surface area contributed by atoms with E-state index < -0.39 is 12.0 Å². The highest BCUT2D eigenvalue weighted by molar-refractivity contribution is 6.05. The van der Waals surface area contributed by atoms with Gasteiger partial charge in [-0.25, -0.2) is 14.8 Å². The molecule has 0 radical (unpaired) electrons. The van der Waals surface area contributed by atoms with Crippen molar-refractivity contribution in [2.24, 2.45) is 5.73 Å². The molecular weight excluding hydrogens is 422 g/mol. The fourth-order valence-electron chi connectivity index (χ4n) is 4.52. The number of benzene rings is 1. The minimum Gasteiger partial charge on any atom is -0.465 e. The Labute approximate surface area is 188 Å². The summed E-state index contributed by atoms with van der Waals surface area (Å²) < 4.78 is 0. The molecule has 10 nitrogen and oxygen atoms in total. The van der Waals surface area contributed by atoms with Crippen LogP contribution in [-0.2, 0) is 0 Å². The molecule has 3 heterocycles. The van der Waals surface area contributed by atoms with E-state index >= 15 is 0 Å². The molecule has 5 rings (SSSR count). The normalized spacial score (nSPS) is 18.3. The number of carbonyl (C=O) groups excluding carboxylic acids is 1. The number of hydrogen-bond acceptors (Lipinski definition) is 6. The number of amides is 2. The van der Waals surface area contributed by atoms with Crippen LogP contribution in [0, 0.1) is 0 Å². The van der Waals surface area contributed by atoms with Gasteiger partial charge >= 0.3 is 6.09 Å². The third-order valence-corrected chi connectivity index (χ3v) is 6.14. The third kappa shape index (κ3) is 4.02. The van der Waals surface area contributed by atoms with Gasteiger partial charge in [-0.15, -0.1) is 0 Å². The van der Waals surface area contributed by atoms with Gasteiger partial charge in [0, 0.05) is 63.8 Å². The van der Waals surface area contributed by atoms with Gasteiger partial charge in [-0.3, -0.25) is 9.78 Å². The second-order valence-electron chi connectivity index (χ2n) is 8.24. The molecule has 2 amide bonds. The monoisotopic (exact) mass is 445 g/mol. The number of H-pyrrole nitrogens is 1. The molecule has 0 spiro atoms. The lowest BCUT2D eigenvalue weighted by molar-refractivity contribution is 0.100. The summed E-state index contributed by atoms with van der Waals surface area (Å²) in [4.78, 5) is 39.4. The molecule has 168 valence electrons. The maximum atomic E-state index is 11.5. The van der Waals surface area contributed by atoms with Crippen molar-refractivity contribution >= 4 is 39.8 Å². The Balaban J connectivity index is 1.52. The van der Waals surface area contributed by atoms with E-state index in [2.05, 4.69) is 25.6 Å². The molecule has 0 unspecified atom stereocenters. The fraction of sp³-hybridized carbons (Fsp3) is 0.261. The number of primary amides is 1. The zero-order chi connectivity index (χ0) is 22.9. The number of nitrogens with zero attached hydrogens (tertiary/aromatic N) is 3. The molecule has 3 aromatic heterocycles. The Bertz CT molecular complexity index is 1370. The average Bonchev–Trinajstić information content (AvgIpc) is 3.23. The number of aromatic amines is 1. The SMILES string of the molecule is NC(=O)c1ccc2c(-c3cncc4cnc(N[C@@H]5CCCC[C@@H]5NC(=O)O)nc34)c[nH]c2c1. The first kappa shape index (κ1) is 20.7. The van der Waals surface area contributed by atoms with Crippen LogP contribution in [0.15, 0.2) is 43.0 Å². The molecule has 1 aromatic carbocycles. The maximum Gasteiger partial charge on any atom is 0.404 e. The second kappa shape index (κ2) is 8.38. The van der Waals surface area contributed by atoms with Crippen LogP contribution < -0.4 is 16.4 Å². The van der Waals surface area contributed by atoms with E-state index in [0.717, 1.165) is 58.6 Å². The minimum absolute atomic E-state index is 0.0853. The number of fused-ring (bicyclic) bond motifs is 2. The lowest BCUT2D eigenvalue weighted by Gasteiger charge is -2.31. The number of carbonyl (C=O) groups is 2. The lowest BCUT2D eigenvalue weighted by Crippen LogP contribution is -2.48. The van der Waals surface area contributed by atoms with Gasteiger partial charge in [0.2, 0.25) is 11.9 Å². The summed E-state index contributed by atoms with van der Waals surface area (Å²) in [5.74, 6) is -0.0448. The van der Waals surface area contributed by atoms with Crippen molar-refractivity contribution in [3.8, 4) is 11.1 Å². The van der Waals surface area contributed by atoms with Crippen molar-refractivity contribution in [3.05, 3.63) is 48.5 Å². The molecule has 1 aliphatic carbocycles. The number of nitrogens with one attached hydrogen (secondary N) is 3. The van der Waals surface area contributed by atoms with Gasteiger partial charge in [0.25, 0.3) is 0 Å². The Hall–Kier alpha value is -4.21. The van der Waals surface area contributed by atoms with E-state index in [1.165, 1.54) is 0 Å². The number of rotatable bonds is 5. The second-order valence-corrected chi connectivity index (χ2v) is 8.24. The summed E-state index contributed by atoms with van der Waals surface area (Å²) >= 11 is 0. The molecule has 33 heavy (non-hydrogen) atoms. The van der Waals surface area contributed by atoms with E-state index in [9.17, 15) is 9.59 Å². The fourth-order valence-corrected chi connectivity index (χ4v) is 4.52. The number of carboxylic acid groups (broad SMARTS) is 1. The summed E-state index contributed by atoms with van der Waals surface area (Å²) in [6.07, 6.45) is 9.60. The number of nitrogens with two attached hydrogens (primary N) is 1. The highest BCUT2D eigenvalue weighted by Gasteiger charge is 2.27. The van der Waals surface area contributed by atoms with E-state index in [4.69, 9.17) is 15.8 Å². The molecule has 1 fully saturated rings. The largest absolute Gasteiger partial charge is 0.465 e. The summed E-state index contributed by atoms with van der Waals surface area (Å²) in [6.45, 7) is 0. The zero-order valence-electron chi connectivity index (χ0n) is 17.7. The first-order valence-electron chi connectivity index (χ1n) is 10.8. The molecule has 1 aliphatic rings. The third-order valence-electron chi connectivity index (χ3n) is 6.14. The van der Waals surface area contributed by atoms with Crippen LogP contribution >= 0.6 is 0 Å². The van der Waals surface area contributed by atoms with Gasteiger partial charge in [-0.2, -0.15) is 0 Å². The van der Waals surface area contributed by atoms with E-state index in [-0.39, 0.29) is 12.1 Å². The Morgan fingerprint density at radius 3 is 2.70 bits per heavy atom. The topological polar surface area (TPSA) is 159 Å². The van der Waals surface area contributed by atoms with Gasteiger partial charge in [-0.05, 0) is 25.0 Å². The average molecular weight is 445 g/mol. The molecule has 2 atom stereocenters. The van der Waals surface area contributed by atoms with Crippen LogP contribution in [0.3, 0.4) is 0 Å². The predicted octanol–water partition coefficient (Wildman–Crippen LogP) is 3.26. The summed E-state index contributed by atoms with van der Waals surface area (Å²) in [5.41, 5.74) is 9.06. The molecule has 6 N–H and O–H groups in total. The first-order chi connectivity index (χ1) is 16.0. The number of aromatic nitrogens is 4. The minimum atomic E-state index is -1.03. The van der Waals surface area contributed by atoms with E-state index in [1.807, 2.05) is 12.3 Å². The molecule has 0 bridgehead atoms. The Morgan fingerprint density at radius 2 is 1.91 bits per heavy atom. The Morgan fingerprint density at radius 1 is 1.09 bits per heavy atom. The van der Waals surface area contributed by atoms with Crippen molar-refractivity contribution in [2.45, 2.75) is 37.8 Å². The van der Waals surface area contributed by atoms with E-state index in [1.54, 1.807) is 30.7 Å². The van der Waals surface area contributed by atoms with Crippen LogP contribution in [0.25, 0.3) is 32.9 Å². The predicted molar refractivity (Wildman–Crippen MR) is 124 cm³/mol. The van der Waals surface area contributed by atoms with Crippen LogP contribution in [0.1, 0.15) is 36.0 Å². The smallest absolute Gasteiger partial charge is 0.404 e. The molecule has 4 aromatic rings. The number of hydrogen-bond donors (Lipinski definition) is 5. The van der Waals surface area contributed by atoms with Gasteiger partial charge in [0.15, 0.2) is 0 Å². The number of pyridine rings is 1. The van der Waals surface area contributed by atoms with Gasteiger partial charge < -0.3 is 26.5 Å². The van der Waals surface area contributed by atoms with Gasteiger partial charge in [0.05, 0.1) is 11.6 Å². The first-order valence-corrected chi connectivity index (χ1v) is 10.8. The van der Waals surface area contributed by atoms with Crippen LogP contribution in [0.5, 0.6) is 0 Å². The summed E-state index contributed by atoms with van der Waals surface area (Å²) in [5, 5.41) is 16.8.